The van der Waals surface area contributed by atoms with Crippen LogP contribution in [0.25, 0.3) is 0 Å². The summed E-state index contributed by atoms with van der Waals surface area (Å²) in [6.45, 7) is 5.29. The Morgan fingerprint density at radius 1 is 1.00 bits per heavy atom. The van der Waals surface area contributed by atoms with Crippen LogP contribution in [0, 0.1) is 35.0 Å². The summed E-state index contributed by atoms with van der Waals surface area (Å²) in [6.07, 6.45) is 13.4. The molecule has 4 fully saturated rings. The van der Waals surface area contributed by atoms with Gasteiger partial charge in [0, 0.05) is 13.0 Å². The fraction of sp³-hybridized carbons (Fsp3) is 0.758. The van der Waals surface area contributed by atoms with Crippen molar-refractivity contribution in [1.82, 2.24) is 0 Å². The average molecular weight is 557 g/mol. The number of fused-ring (bicyclic) bond motifs is 5. The second-order valence-electron chi connectivity index (χ2n) is 14.1. The van der Waals surface area contributed by atoms with E-state index >= 15 is 0 Å². The zero-order chi connectivity index (χ0) is 27.5. The molecule has 6 heteroatoms. The van der Waals surface area contributed by atoms with Gasteiger partial charge in [-0.2, -0.15) is 0 Å². The summed E-state index contributed by atoms with van der Waals surface area (Å²) < 4.78 is 33.5. The quantitative estimate of drug-likeness (QED) is 0.397. The molecule has 1 saturated heterocycles. The molecule has 2 N–H and O–H groups in total. The van der Waals surface area contributed by atoms with Crippen molar-refractivity contribution in [3.8, 4) is 0 Å². The van der Waals surface area contributed by atoms with Gasteiger partial charge in [0.05, 0.1) is 28.0 Å². The van der Waals surface area contributed by atoms with Crippen LogP contribution < -0.4 is 0 Å². The molecule has 0 aromatic heterocycles. The number of benzene rings is 1. The highest BCUT2D eigenvalue weighted by Gasteiger charge is 2.57. The second-order valence-corrected chi connectivity index (χ2v) is 16.3. The van der Waals surface area contributed by atoms with E-state index in [2.05, 4.69) is 19.9 Å². The first-order valence-corrected chi connectivity index (χ1v) is 17.1. The van der Waals surface area contributed by atoms with Gasteiger partial charge in [-0.1, -0.05) is 43.7 Å². The first-order chi connectivity index (χ1) is 18.6. The normalized spacial score (nSPS) is 42.8. The summed E-state index contributed by atoms with van der Waals surface area (Å²) in [5.74, 6) is 2.99. The standard InChI is InChI=1S/C33H48O5S/c1-3-32(34)16-14-27-23(20-32)9-11-29-28(27)13-15-31(2)24(10-12-30(29)31)19-26(21-33(35)17-18-38-22-33)39(36,37)25-7-5-4-6-8-25/h4-9,24,26-30,34-35H,3,10-22H2,1-2H3/t24?,26?,27?,28?,29?,30?,31?,32-,33?/m0/s1. The van der Waals surface area contributed by atoms with Gasteiger partial charge in [-0.3, -0.25) is 0 Å². The van der Waals surface area contributed by atoms with Crippen molar-refractivity contribution < 1.29 is 23.4 Å². The summed E-state index contributed by atoms with van der Waals surface area (Å²) >= 11 is 0. The molecule has 1 aliphatic heterocycles. The maximum atomic E-state index is 14.0. The minimum atomic E-state index is -3.58. The minimum Gasteiger partial charge on any atom is -0.390 e. The third-order valence-electron chi connectivity index (χ3n) is 12.2. The van der Waals surface area contributed by atoms with Crippen molar-refractivity contribution in [3.05, 3.63) is 42.0 Å². The average Bonchev–Trinajstić information content (AvgIpc) is 3.51. The molecule has 8 unspecified atom stereocenters. The number of aliphatic hydroxyl groups is 2. The molecule has 9 atom stereocenters. The van der Waals surface area contributed by atoms with Crippen molar-refractivity contribution in [1.29, 1.82) is 0 Å². The lowest BCUT2D eigenvalue weighted by Crippen LogP contribution is -2.48. The summed E-state index contributed by atoms with van der Waals surface area (Å²) in [5, 5.41) is 21.6. The number of hydrogen-bond acceptors (Lipinski definition) is 5. The first-order valence-electron chi connectivity index (χ1n) is 15.6. The van der Waals surface area contributed by atoms with E-state index in [4.69, 9.17) is 4.74 Å². The van der Waals surface area contributed by atoms with Crippen LogP contribution in [0.1, 0.15) is 90.9 Å². The monoisotopic (exact) mass is 556 g/mol. The molecule has 1 aromatic carbocycles. The van der Waals surface area contributed by atoms with E-state index in [9.17, 15) is 18.6 Å². The summed E-state index contributed by atoms with van der Waals surface area (Å²) in [5.41, 5.74) is 0.0930. The maximum Gasteiger partial charge on any atom is 0.181 e. The molecule has 216 valence electrons. The van der Waals surface area contributed by atoms with Crippen LogP contribution in [0.4, 0.5) is 0 Å². The van der Waals surface area contributed by atoms with Crippen LogP contribution in [-0.2, 0) is 14.6 Å². The van der Waals surface area contributed by atoms with Crippen LogP contribution in [-0.4, -0.2) is 48.3 Å². The predicted octanol–water partition coefficient (Wildman–Crippen LogP) is 6.09. The van der Waals surface area contributed by atoms with Gasteiger partial charge in [0.2, 0.25) is 0 Å². The number of hydrogen-bond donors (Lipinski definition) is 2. The molecule has 0 radical (unpaired) electrons. The van der Waals surface area contributed by atoms with Gasteiger partial charge in [0.1, 0.15) is 0 Å². The van der Waals surface area contributed by atoms with Gasteiger partial charge >= 0.3 is 0 Å². The van der Waals surface area contributed by atoms with Crippen molar-refractivity contribution in [3.63, 3.8) is 0 Å². The van der Waals surface area contributed by atoms with E-state index in [1.54, 1.807) is 24.3 Å². The molecule has 6 rings (SSSR count). The van der Waals surface area contributed by atoms with Crippen LogP contribution in [0.15, 0.2) is 46.9 Å². The highest BCUT2D eigenvalue weighted by molar-refractivity contribution is 7.92. The largest absolute Gasteiger partial charge is 0.390 e. The number of rotatable bonds is 7. The molecular weight excluding hydrogens is 508 g/mol. The highest BCUT2D eigenvalue weighted by atomic mass is 32.2. The first kappa shape index (κ1) is 27.9. The van der Waals surface area contributed by atoms with Crippen LogP contribution in [0.5, 0.6) is 0 Å². The molecule has 5 aliphatic rings. The molecule has 39 heavy (non-hydrogen) atoms. The lowest BCUT2D eigenvalue weighted by molar-refractivity contribution is -0.0414. The predicted molar refractivity (Wildman–Crippen MR) is 153 cm³/mol. The van der Waals surface area contributed by atoms with Gasteiger partial charge in [-0.25, -0.2) is 8.42 Å². The molecule has 1 aromatic rings. The highest BCUT2D eigenvalue weighted by Crippen LogP contribution is 2.64. The molecule has 3 saturated carbocycles. The SMILES string of the molecule is CC[C@]1(O)CCC2C(=CCC3C2CCC2(C)C(CC(CC4(O)CCOC4)S(=O)(=O)c4ccccc4)CCC32)C1. The van der Waals surface area contributed by atoms with E-state index in [1.807, 2.05) is 6.07 Å². The van der Waals surface area contributed by atoms with E-state index in [0.29, 0.717) is 53.9 Å². The van der Waals surface area contributed by atoms with E-state index < -0.39 is 26.3 Å². The molecule has 5 nitrogen and oxygen atoms in total. The lowest BCUT2D eigenvalue weighted by Gasteiger charge is -2.55. The molecule has 0 amide bonds. The van der Waals surface area contributed by atoms with Crippen molar-refractivity contribution in [2.75, 3.05) is 13.2 Å². The van der Waals surface area contributed by atoms with E-state index in [0.717, 1.165) is 44.9 Å². The van der Waals surface area contributed by atoms with Crippen LogP contribution in [0.3, 0.4) is 0 Å². The van der Waals surface area contributed by atoms with Gasteiger partial charge in [0.15, 0.2) is 9.84 Å². The van der Waals surface area contributed by atoms with E-state index in [1.165, 1.54) is 18.4 Å². The fourth-order valence-electron chi connectivity index (χ4n) is 9.78. The van der Waals surface area contributed by atoms with Gasteiger partial charge in [-0.05, 0) is 118 Å². The van der Waals surface area contributed by atoms with Crippen molar-refractivity contribution >= 4 is 9.84 Å². The van der Waals surface area contributed by atoms with Gasteiger partial charge < -0.3 is 14.9 Å². The van der Waals surface area contributed by atoms with E-state index in [-0.39, 0.29) is 18.4 Å². The molecule has 0 spiro atoms. The Kier molecular flexibility index (Phi) is 7.35. The zero-order valence-corrected chi connectivity index (χ0v) is 24.7. The Morgan fingerprint density at radius 2 is 1.79 bits per heavy atom. The third kappa shape index (κ3) is 4.96. The Hall–Kier alpha value is -1.21. The Labute approximate surface area is 235 Å². The smallest absolute Gasteiger partial charge is 0.181 e. The van der Waals surface area contributed by atoms with Crippen molar-refractivity contribution in [2.45, 2.75) is 112 Å². The minimum absolute atomic E-state index is 0.143. The Balaban J connectivity index is 1.24. The molecule has 0 bridgehead atoms. The lowest BCUT2D eigenvalue weighted by atomic mass is 9.51. The Morgan fingerprint density at radius 3 is 2.51 bits per heavy atom. The van der Waals surface area contributed by atoms with Gasteiger partial charge in [0.25, 0.3) is 0 Å². The zero-order valence-electron chi connectivity index (χ0n) is 23.9. The third-order valence-corrected chi connectivity index (χ3v) is 14.4. The molecule has 1 heterocycles. The van der Waals surface area contributed by atoms with Gasteiger partial charge in [-0.15, -0.1) is 0 Å². The number of sulfone groups is 1. The topological polar surface area (TPSA) is 83.8 Å². The summed E-state index contributed by atoms with van der Waals surface area (Å²) in [6, 6.07) is 8.85. The summed E-state index contributed by atoms with van der Waals surface area (Å²) in [4.78, 5) is 0.371. The van der Waals surface area contributed by atoms with Crippen molar-refractivity contribution in [2.24, 2.45) is 35.0 Å². The number of allylic oxidation sites excluding steroid dienone is 1. The van der Waals surface area contributed by atoms with Crippen LogP contribution in [0.2, 0.25) is 0 Å². The maximum absolute atomic E-state index is 14.0. The summed E-state index contributed by atoms with van der Waals surface area (Å²) in [7, 11) is -3.58. The molecular formula is C33H48O5S. The van der Waals surface area contributed by atoms with Crippen LogP contribution >= 0.6 is 0 Å². The molecule has 4 aliphatic carbocycles. The fourth-order valence-corrected chi connectivity index (χ4v) is 11.7. The Bertz CT molecular complexity index is 1170. The number of ether oxygens (including phenoxy) is 1. The second kappa shape index (κ2) is 10.3.